The second-order valence-corrected chi connectivity index (χ2v) is 7.26. The van der Waals surface area contributed by atoms with E-state index in [9.17, 15) is 9.59 Å². The Bertz CT molecular complexity index is 1020. The number of rotatable bonds is 7. The van der Waals surface area contributed by atoms with Crippen molar-refractivity contribution in [2.45, 2.75) is 13.8 Å². The van der Waals surface area contributed by atoms with Crippen LogP contribution >= 0.6 is 11.6 Å². The molecule has 3 aromatic rings. The van der Waals surface area contributed by atoms with Crippen molar-refractivity contribution in [1.29, 1.82) is 0 Å². The third-order valence-corrected chi connectivity index (χ3v) is 4.92. The van der Waals surface area contributed by atoms with Crippen LogP contribution in [-0.2, 0) is 4.79 Å². The fourth-order valence-corrected chi connectivity index (χ4v) is 3.24. The van der Waals surface area contributed by atoms with E-state index in [1.165, 1.54) is 0 Å². The maximum atomic E-state index is 12.8. The number of nitrogens with one attached hydrogen (secondary N) is 2. The molecule has 0 aliphatic heterocycles. The van der Waals surface area contributed by atoms with Crippen LogP contribution < -0.4 is 15.5 Å². The van der Waals surface area contributed by atoms with Crippen molar-refractivity contribution in [3.63, 3.8) is 0 Å². The summed E-state index contributed by atoms with van der Waals surface area (Å²) in [4.78, 5) is 26.8. The van der Waals surface area contributed by atoms with E-state index in [1.807, 2.05) is 56.3 Å². The number of carbonyl (C=O) groups is 2. The first-order valence-corrected chi connectivity index (χ1v) is 10.1. The lowest BCUT2D eigenvalue weighted by molar-refractivity contribution is -0.114. The van der Waals surface area contributed by atoms with E-state index in [2.05, 4.69) is 10.6 Å². The number of para-hydroxylation sites is 1. The Morgan fingerprint density at radius 2 is 1.67 bits per heavy atom. The van der Waals surface area contributed by atoms with Gasteiger partial charge < -0.3 is 15.5 Å². The Labute approximate surface area is 181 Å². The highest BCUT2D eigenvalue weighted by molar-refractivity contribution is 6.30. The smallest absolute Gasteiger partial charge is 0.258 e. The highest BCUT2D eigenvalue weighted by Gasteiger charge is 2.16. The van der Waals surface area contributed by atoms with E-state index in [0.29, 0.717) is 22.8 Å². The van der Waals surface area contributed by atoms with Crippen LogP contribution in [0.1, 0.15) is 22.8 Å². The largest absolute Gasteiger partial charge is 0.376 e. The minimum Gasteiger partial charge on any atom is -0.376 e. The normalized spacial score (nSPS) is 10.4. The van der Waals surface area contributed by atoms with E-state index < -0.39 is 0 Å². The highest BCUT2D eigenvalue weighted by atomic mass is 35.5. The van der Waals surface area contributed by atoms with Crippen LogP contribution in [0.4, 0.5) is 17.1 Å². The van der Waals surface area contributed by atoms with Crippen molar-refractivity contribution in [2.24, 2.45) is 0 Å². The van der Waals surface area contributed by atoms with Gasteiger partial charge in [0.05, 0.1) is 6.54 Å². The maximum absolute atomic E-state index is 12.8. The molecule has 3 aromatic carbocycles. The van der Waals surface area contributed by atoms with Crippen LogP contribution in [0.5, 0.6) is 0 Å². The molecule has 2 N–H and O–H groups in total. The first kappa shape index (κ1) is 21.4. The molecule has 0 bridgehead atoms. The fourth-order valence-electron chi connectivity index (χ4n) is 3.07. The Morgan fingerprint density at radius 3 is 2.33 bits per heavy atom. The molecular weight excluding hydrogens is 398 g/mol. The monoisotopic (exact) mass is 421 g/mol. The van der Waals surface area contributed by atoms with Crippen molar-refractivity contribution < 1.29 is 9.59 Å². The summed E-state index contributed by atoms with van der Waals surface area (Å²) in [5.41, 5.74) is 3.87. The summed E-state index contributed by atoms with van der Waals surface area (Å²) in [6, 6.07) is 21.9. The van der Waals surface area contributed by atoms with E-state index in [-0.39, 0.29) is 18.4 Å². The van der Waals surface area contributed by atoms with Gasteiger partial charge in [-0.2, -0.15) is 0 Å². The van der Waals surface area contributed by atoms with E-state index in [4.69, 9.17) is 11.6 Å². The molecule has 2 amide bonds. The molecule has 154 valence electrons. The lowest BCUT2D eigenvalue weighted by atomic mass is 10.1. The van der Waals surface area contributed by atoms with Crippen LogP contribution in [0.15, 0.2) is 72.8 Å². The maximum Gasteiger partial charge on any atom is 0.258 e. The summed E-state index contributed by atoms with van der Waals surface area (Å²) in [7, 11) is 0. The van der Waals surface area contributed by atoms with Crippen molar-refractivity contribution >= 4 is 40.5 Å². The average molecular weight is 422 g/mol. The number of halogens is 1. The highest BCUT2D eigenvalue weighted by Crippen LogP contribution is 2.20. The number of anilines is 3. The minimum atomic E-state index is -0.187. The molecule has 3 rings (SSSR count). The molecule has 0 radical (unpaired) electrons. The topological polar surface area (TPSA) is 61.4 Å². The molecular formula is C24H24ClN3O2. The predicted molar refractivity (Wildman–Crippen MR) is 124 cm³/mol. The van der Waals surface area contributed by atoms with E-state index in [0.717, 1.165) is 16.9 Å². The van der Waals surface area contributed by atoms with Crippen LogP contribution in [0.2, 0.25) is 5.02 Å². The van der Waals surface area contributed by atoms with Crippen molar-refractivity contribution in [3.8, 4) is 0 Å². The second kappa shape index (κ2) is 9.94. The van der Waals surface area contributed by atoms with Crippen molar-refractivity contribution in [3.05, 3.63) is 88.9 Å². The average Bonchev–Trinajstić information content (AvgIpc) is 2.76. The van der Waals surface area contributed by atoms with Crippen LogP contribution in [-0.4, -0.2) is 24.9 Å². The van der Waals surface area contributed by atoms with E-state index in [1.54, 1.807) is 35.2 Å². The number of nitrogens with zero attached hydrogens (tertiary/aromatic N) is 1. The zero-order valence-corrected chi connectivity index (χ0v) is 17.7. The van der Waals surface area contributed by atoms with Crippen LogP contribution in [0, 0.1) is 6.92 Å². The third-order valence-electron chi connectivity index (χ3n) is 4.68. The Morgan fingerprint density at radius 1 is 0.967 bits per heavy atom. The number of hydrogen-bond donors (Lipinski definition) is 2. The first-order chi connectivity index (χ1) is 14.5. The van der Waals surface area contributed by atoms with Gasteiger partial charge in [-0.05, 0) is 67.9 Å². The summed E-state index contributed by atoms with van der Waals surface area (Å²) in [5.74, 6) is -0.271. The molecule has 0 saturated heterocycles. The van der Waals surface area contributed by atoms with Gasteiger partial charge in [0.2, 0.25) is 5.91 Å². The molecule has 0 unspecified atom stereocenters. The van der Waals surface area contributed by atoms with Crippen molar-refractivity contribution in [1.82, 2.24) is 0 Å². The standard InChI is InChI=1S/C24H24ClN3O2/c1-3-28(21-7-5-4-6-8-21)24(30)18-10-13-20(14-11-18)27-23(29)16-26-22-15-19(25)12-9-17(22)2/h4-15,26H,3,16H2,1-2H3,(H,27,29). The quantitative estimate of drug-likeness (QED) is 0.539. The predicted octanol–water partition coefficient (Wildman–Crippen LogP) is 5.37. The van der Waals surface area contributed by atoms with Gasteiger partial charge in [-0.1, -0.05) is 35.9 Å². The SMILES string of the molecule is CCN(C(=O)c1ccc(NC(=O)CNc2cc(Cl)ccc2C)cc1)c1ccccc1. The Kier molecular flexibility index (Phi) is 7.09. The third kappa shape index (κ3) is 5.39. The molecule has 0 aromatic heterocycles. The second-order valence-electron chi connectivity index (χ2n) is 6.82. The van der Waals surface area contributed by atoms with Crippen LogP contribution in [0.3, 0.4) is 0 Å². The van der Waals surface area contributed by atoms with Gasteiger partial charge >= 0.3 is 0 Å². The zero-order chi connectivity index (χ0) is 21.5. The molecule has 0 fully saturated rings. The zero-order valence-electron chi connectivity index (χ0n) is 17.0. The summed E-state index contributed by atoms with van der Waals surface area (Å²) in [6.07, 6.45) is 0. The van der Waals surface area contributed by atoms with Crippen molar-refractivity contribution in [2.75, 3.05) is 28.6 Å². The molecule has 6 heteroatoms. The first-order valence-electron chi connectivity index (χ1n) is 9.74. The molecule has 0 atom stereocenters. The molecule has 0 aliphatic carbocycles. The van der Waals surface area contributed by atoms with Crippen LogP contribution in [0.25, 0.3) is 0 Å². The molecule has 0 aliphatic rings. The lowest BCUT2D eigenvalue weighted by Crippen LogP contribution is -2.30. The number of aryl methyl sites for hydroxylation is 1. The minimum absolute atomic E-state index is 0.0836. The van der Waals surface area contributed by atoms with Gasteiger partial charge in [0, 0.05) is 34.2 Å². The molecule has 30 heavy (non-hydrogen) atoms. The summed E-state index contributed by atoms with van der Waals surface area (Å²) >= 11 is 6.00. The summed E-state index contributed by atoms with van der Waals surface area (Å²) in [6.45, 7) is 4.56. The van der Waals surface area contributed by atoms with Gasteiger partial charge in [-0.3, -0.25) is 9.59 Å². The molecule has 0 heterocycles. The Hall–Kier alpha value is -3.31. The van der Waals surface area contributed by atoms with Gasteiger partial charge in [-0.25, -0.2) is 0 Å². The number of amides is 2. The number of carbonyl (C=O) groups excluding carboxylic acids is 2. The summed E-state index contributed by atoms with van der Waals surface area (Å²) in [5, 5.41) is 6.53. The number of hydrogen-bond acceptors (Lipinski definition) is 3. The molecule has 0 saturated carbocycles. The number of benzene rings is 3. The van der Waals surface area contributed by atoms with Gasteiger partial charge in [-0.15, -0.1) is 0 Å². The van der Waals surface area contributed by atoms with E-state index >= 15 is 0 Å². The fraction of sp³-hybridized carbons (Fsp3) is 0.167. The lowest BCUT2D eigenvalue weighted by Gasteiger charge is -2.21. The van der Waals surface area contributed by atoms with Gasteiger partial charge in [0.15, 0.2) is 0 Å². The molecule has 5 nitrogen and oxygen atoms in total. The molecule has 0 spiro atoms. The van der Waals surface area contributed by atoms with Gasteiger partial charge in [0.25, 0.3) is 5.91 Å². The Balaban J connectivity index is 1.60. The summed E-state index contributed by atoms with van der Waals surface area (Å²) < 4.78 is 0. The van der Waals surface area contributed by atoms with Gasteiger partial charge in [0.1, 0.15) is 0 Å².